The number of benzene rings is 10. The second-order valence-corrected chi connectivity index (χ2v) is 15.8. The standard InChI is InChI=1S/C55H29N3O3/c1-5-15-35-30(11-1)21-25-45-47(35)49-37-17-7-3-13-32(37)27-41(51(49)60-45)54-56-53(34-23-24-44-40(29-34)39-19-9-10-20-43(39)59-44)57-55(58-54)42-28-33-14-4-8-18-38(33)50-48-36-16-6-2-12-31(36)22-26-46(48)61-52(42)50/h1-29H. The zero-order chi connectivity index (χ0) is 39.8. The van der Waals surface area contributed by atoms with Crippen LogP contribution in [0.3, 0.4) is 0 Å². The molecule has 0 spiro atoms. The van der Waals surface area contributed by atoms with Crippen LogP contribution in [0.2, 0.25) is 0 Å². The van der Waals surface area contributed by atoms with Crippen molar-refractivity contribution in [3.05, 3.63) is 176 Å². The molecule has 0 radical (unpaired) electrons. The number of para-hydroxylation sites is 1. The van der Waals surface area contributed by atoms with Crippen LogP contribution >= 0.6 is 0 Å². The maximum Gasteiger partial charge on any atom is 0.167 e. The lowest BCUT2D eigenvalue weighted by Crippen LogP contribution is -2.01. The molecular formula is C55H29N3O3. The fraction of sp³-hybridized carbons (Fsp3) is 0. The maximum absolute atomic E-state index is 6.92. The Morgan fingerprint density at radius 3 is 1.26 bits per heavy atom. The van der Waals surface area contributed by atoms with E-state index < -0.39 is 0 Å². The molecule has 0 aliphatic carbocycles. The van der Waals surface area contributed by atoms with Crippen molar-refractivity contribution in [2.75, 3.05) is 0 Å². The summed E-state index contributed by atoms with van der Waals surface area (Å²) in [6, 6.07) is 60.9. The number of furan rings is 3. The number of rotatable bonds is 3. The lowest BCUT2D eigenvalue weighted by atomic mass is 9.96. The summed E-state index contributed by atoms with van der Waals surface area (Å²) in [7, 11) is 0. The molecule has 61 heavy (non-hydrogen) atoms. The highest BCUT2D eigenvalue weighted by Crippen LogP contribution is 2.46. The van der Waals surface area contributed by atoms with Gasteiger partial charge in [-0.15, -0.1) is 0 Å². The Morgan fingerprint density at radius 2 is 0.705 bits per heavy atom. The van der Waals surface area contributed by atoms with Crippen LogP contribution in [0.4, 0.5) is 0 Å². The third-order valence-electron chi connectivity index (χ3n) is 12.5. The quantitative estimate of drug-likeness (QED) is 0.178. The molecule has 0 aliphatic rings. The minimum atomic E-state index is 0.499. The summed E-state index contributed by atoms with van der Waals surface area (Å²) in [5.74, 6) is 1.52. The average Bonchev–Trinajstić information content (AvgIpc) is 4.03. The first-order valence-electron chi connectivity index (χ1n) is 20.4. The van der Waals surface area contributed by atoms with Crippen molar-refractivity contribution >= 4 is 109 Å². The first kappa shape index (κ1) is 32.6. The molecule has 0 unspecified atom stereocenters. The summed E-state index contributed by atoms with van der Waals surface area (Å²) < 4.78 is 20.1. The van der Waals surface area contributed by atoms with Crippen molar-refractivity contribution < 1.29 is 13.3 Å². The number of hydrogen-bond acceptors (Lipinski definition) is 6. The van der Waals surface area contributed by atoms with Crippen molar-refractivity contribution in [2.45, 2.75) is 0 Å². The monoisotopic (exact) mass is 779 g/mol. The van der Waals surface area contributed by atoms with Gasteiger partial charge < -0.3 is 13.3 Å². The van der Waals surface area contributed by atoms with E-state index >= 15 is 0 Å². The van der Waals surface area contributed by atoms with Crippen molar-refractivity contribution in [3.63, 3.8) is 0 Å². The van der Waals surface area contributed by atoms with Gasteiger partial charge in [-0.3, -0.25) is 0 Å². The van der Waals surface area contributed by atoms with E-state index in [1.54, 1.807) is 0 Å². The van der Waals surface area contributed by atoms with Crippen molar-refractivity contribution in [1.29, 1.82) is 0 Å². The highest BCUT2D eigenvalue weighted by Gasteiger charge is 2.25. The molecule has 0 aliphatic heterocycles. The SMILES string of the molecule is c1ccc2c(c1)ccc1oc3c(-c4nc(-c5ccc6oc7ccccc7c6c5)nc(-c5cc6ccccc6c6c5oc5ccc7ccccc7c56)n4)cc4ccccc4c3c12. The highest BCUT2D eigenvalue weighted by molar-refractivity contribution is 6.30. The van der Waals surface area contributed by atoms with Gasteiger partial charge in [-0.25, -0.2) is 15.0 Å². The van der Waals surface area contributed by atoms with Crippen LogP contribution in [-0.4, -0.2) is 15.0 Å². The highest BCUT2D eigenvalue weighted by atomic mass is 16.3. The molecule has 0 fully saturated rings. The van der Waals surface area contributed by atoms with E-state index in [1.165, 1.54) is 0 Å². The van der Waals surface area contributed by atoms with Gasteiger partial charge in [-0.1, -0.05) is 127 Å². The Morgan fingerprint density at radius 1 is 0.279 bits per heavy atom. The molecule has 14 rings (SSSR count). The normalized spacial score (nSPS) is 12.3. The number of hydrogen-bond donors (Lipinski definition) is 0. The summed E-state index contributed by atoms with van der Waals surface area (Å²) in [5.41, 5.74) is 7.10. The summed E-state index contributed by atoms with van der Waals surface area (Å²) in [6.07, 6.45) is 0. The van der Waals surface area contributed by atoms with Crippen LogP contribution < -0.4 is 0 Å². The molecule has 0 N–H and O–H groups in total. The largest absolute Gasteiger partial charge is 0.456 e. The molecule has 10 aromatic carbocycles. The van der Waals surface area contributed by atoms with E-state index in [0.29, 0.717) is 17.5 Å². The van der Waals surface area contributed by atoms with E-state index in [4.69, 9.17) is 28.2 Å². The van der Waals surface area contributed by atoms with Crippen LogP contribution in [0, 0.1) is 0 Å². The minimum absolute atomic E-state index is 0.499. The van der Waals surface area contributed by atoms with Crippen molar-refractivity contribution in [3.8, 4) is 34.2 Å². The fourth-order valence-electron chi connectivity index (χ4n) is 9.72. The average molecular weight is 780 g/mol. The molecule has 0 atom stereocenters. The third-order valence-corrected chi connectivity index (χ3v) is 12.5. The van der Waals surface area contributed by atoms with Crippen LogP contribution in [0.1, 0.15) is 0 Å². The molecule has 4 heterocycles. The van der Waals surface area contributed by atoms with E-state index in [-0.39, 0.29) is 0 Å². The molecule has 4 aromatic heterocycles. The van der Waals surface area contributed by atoms with Gasteiger partial charge >= 0.3 is 0 Å². The molecule has 0 saturated carbocycles. The lowest BCUT2D eigenvalue weighted by Gasteiger charge is -2.11. The van der Waals surface area contributed by atoms with Gasteiger partial charge in [0.15, 0.2) is 17.5 Å². The van der Waals surface area contributed by atoms with Crippen LogP contribution in [0.5, 0.6) is 0 Å². The van der Waals surface area contributed by atoms with Gasteiger partial charge in [0.1, 0.15) is 33.5 Å². The Hall–Kier alpha value is -8.35. The number of fused-ring (bicyclic) bond motifs is 17. The second kappa shape index (κ2) is 12.1. The minimum Gasteiger partial charge on any atom is -0.456 e. The summed E-state index contributed by atoms with van der Waals surface area (Å²) in [4.78, 5) is 16.1. The number of nitrogens with zero attached hydrogens (tertiary/aromatic N) is 3. The van der Waals surface area contributed by atoms with Gasteiger partial charge in [0.2, 0.25) is 0 Å². The van der Waals surface area contributed by atoms with Crippen molar-refractivity contribution in [2.24, 2.45) is 0 Å². The zero-order valence-corrected chi connectivity index (χ0v) is 32.3. The van der Waals surface area contributed by atoms with Gasteiger partial charge in [-0.2, -0.15) is 0 Å². The Kier molecular flexibility index (Phi) is 6.46. The Bertz CT molecular complexity index is 3980. The predicted molar refractivity (Wildman–Crippen MR) is 248 cm³/mol. The molecule has 0 amide bonds. The summed E-state index contributed by atoms with van der Waals surface area (Å²) in [6.45, 7) is 0. The molecule has 0 bridgehead atoms. The second-order valence-electron chi connectivity index (χ2n) is 15.8. The predicted octanol–water partition coefficient (Wildman–Crippen LogP) is 15.2. The Balaban J connectivity index is 1.12. The molecule has 6 nitrogen and oxygen atoms in total. The Labute approximate surface area is 345 Å². The van der Waals surface area contributed by atoms with E-state index in [9.17, 15) is 0 Å². The topological polar surface area (TPSA) is 78.1 Å². The molecule has 282 valence electrons. The number of aromatic nitrogens is 3. The fourth-order valence-corrected chi connectivity index (χ4v) is 9.72. The first-order chi connectivity index (χ1) is 30.2. The van der Waals surface area contributed by atoms with E-state index in [2.05, 4.69) is 146 Å². The van der Waals surface area contributed by atoms with E-state index in [1.807, 2.05) is 30.3 Å². The smallest absolute Gasteiger partial charge is 0.167 e. The van der Waals surface area contributed by atoms with Crippen LogP contribution in [0.15, 0.2) is 189 Å². The van der Waals surface area contributed by atoms with Crippen LogP contribution in [-0.2, 0) is 0 Å². The summed E-state index contributed by atoms with van der Waals surface area (Å²) >= 11 is 0. The summed E-state index contributed by atoms with van der Waals surface area (Å²) in [5, 5.41) is 15.1. The zero-order valence-electron chi connectivity index (χ0n) is 32.3. The van der Waals surface area contributed by atoms with Gasteiger partial charge in [-0.05, 0) is 91.6 Å². The molecule has 6 heteroatoms. The molecule has 0 saturated heterocycles. The van der Waals surface area contributed by atoms with Gasteiger partial charge in [0, 0.05) is 37.9 Å². The van der Waals surface area contributed by atoms with Gasteiger partial charge in [0.25, 0.3) is 0 Å². The maximum atomic E-state index is 6.92. The van der Waals surface area contributed by atoms with Gasteiger partial charge in [0.05, 0.1) is 11.1 Å². The van der Waals surface area contributed by atoms with Crippen molar-refractivity contribution in [1.82, 2.24) is 15.0 Å². The lowest BCUT2D eigenvalue weighted by molar-refractivity contribution is 0.669. The third kappa shape index (κ3) is 4.64. The first-order valence-corrected chi connectivity index (χ1v) is 20.4. The molecular weight excluding hydrogens is 751 g/mol. The van der Waals surface area contributed by atoms with E-state index in [0.717, 1.165) is 126 Å². The van der Waals surface area contributed by atoms with Crippen LogP contribution in [0.25, 0.3) is 143 Å². The molecule has 14 aromatic rings.